The molecular formula is C13H19N3O3. The summed E-state index contributed by atoms with van der Waals surface area (Å²) in [5.74, 6) is -0.192. The van der Waals surface area contributed by atoms with E-state index in [0.717, 1.165) is 13.0 Å². The maximum absolute atomic E-state index is 12.1. The third-order valence-electron chi connectivity index (χ3n) is 2.75. The largest absolute Gasteiger partial charge is 0.342 e. The molecule has 104 valence electrons. The Hall–Kier alpha value is -1.95. The highest BCUT2D eigenvalue weighted by Gasteiger charge is 2.14. The second-order valence-corrected chi connectivity index (χ2v) is 4.69. The van der Waals surface area contributed by atoms with Gasteiger partial charge in [-0.1, -0.05) is 6.07 Å². The fourth-order valence-electron chi connectivity index (χ4n) is 1.70. The molecule has 0 bridgehead atoms. The van der Waals surface area contributed by atoms with Crippen LogP contribution in [0.2, 0.25) is 0 Å². The molecule has 0 saturated heterocycles. The number of nitro benzene ring substituents is 1. The Kier molecular flexibility index (Phi) is 5.44. The summed E-state index contributed by atoms with van der Waals surface area (Å²) in [5, 5.41) is 10.7. The molecule has 19 heavy (non-hydrogen) atoms. The number of rotatable bonds is 6. The molecule has 0 radical (unpaired) electrons. The van der Waals surface area contributed by atoms with Crippen LogP contribution >= 0.6 is 0 Å². The molecule has 1 rings (SSSR count). The summed E-state index contributed by atoms with van der Waals surface area (Å²) in [5.41, 5.74) is 0.286. The lowest BCUT2D eigenvalue weighted by Gasteiger charge is -2.18. The molecule has 0 aliphatic rings. The van der Waals surface area contributed by atoms with Crippen molar-refractivity contribution in [3.05, 3.63) is 39.9 Å². The summed E-state index contributed by atoms with van der Waals surface area (Å²) < 4.78 is 0. The fourth-order valence-corrected chi connectivity index (χ4v) is 1.70. The summed E-state index contributed by atoms with van der Waals surface area (Å²) in [7, 11) is 5.65. The molecule has 1 aromatic carbocycles. The van der Waals surface area contributed by atoms with E-state index in [-0.39, 0.29) is 11.6 Å². The first-order chi connectivity index (χ1) is 8.91. The van der Waals surface area contributed by atoms with Crippen LogP contribution in [0.25, 0.3) is 0 Å². The van der Waals surface area contributed by atoms with Gasteiger partial charge in [-0.3, -0.25) is 14.9 Å². The lowest BCUT2D eigenvalue weighted by atomic mass is 10.2. The summed E-state index contributed by atoms with van der Waals surface area (Å²) >= 11 is 0. The smallest absolute Gasteiger partial charge is 0.270 e. The molecule has 0 N–H and O–H groups in total. The number of carbonyl (C=O) groups is 1. The maximum Gasteiger partial charge on any atom is 0.270 e. The van der Waals surface area contributed by atoms with E-state index in [2.05, 4.69) is 0 Å². The molecule has 0 saturated carbocycles. The second kappa shape index (κ2) is 6.84. The normalized spacial score (nSPS) is 10.5. The number of benzene rings is 1. The van der Waals surface area contributed by atoms with Gasteiger partial charge in [0.15, 0.2) is 0 Å². The van der Waals surface area contributed by atoms with Crippen molar-refractivity contribution in [1.29, 1.82) is 0 Å². The molecule has 0 unspecified atom stereocenters. The van der Waals surface area contributed by atoms with Gasteiger partial charge in [0.25, 0.3) is 11.6 Å². The van der Waals surface area contributed by atoms with Crippen LogP contribution in [0.3, 0.4) is 0 Å². The van der Waals surface area contributed by atoms with Gasteiger partial charge in [-0.15, -0.1) is 0 Å². The number of non-ortho nitro benzene ring substituents is 1. The van der Waals surface area contributed by atoms with Gasteiger partial charge in [0.1, 0.15) is 0 Å². The van der Waals surface area contributed by atoms with Crippen LogP contribution in [0.15, 0.2) is 24.3 Å². The molecule has 0 aliphatic heterocycles. The SMILES string of the molecule is CN(C)CCCN(C)C(=O)c1cccc([N+](=O)[O-])c1. The number of nitro groups is 1. The molecule has 0 fully saturated rings. The van der Waals surface area contributed by atoms with Crippen molar-refractivity contribution in [3.63, 3.8) is 0 Å². The highest BCUT2D eigenvalue weighted by atomic mass is 16.6. The van der Waals surface area contributed by atoms with E-state index in [9.17, 15) is 14.9 Å². The van der Waals surface area contributed by atoms with Crippen molar-refractivity contribution < 1.29 is 9.72 Å². The lowest BCUT2D eigenvalue weighted by molar-refractivity contribution is -0.384. The zero-order valence-electron chi connectivity index (χ0n) is 11.5. The van der Waals surface area contributed by atoms with Gasteiger partial charge in [-0.25, -0.2) is 0 Å². The van der Waals surface area contributed by atoms with Crippen molar-refractivity contribution in [1.82, 2.24) is 9.80 Å². The minimum atomic E-state index is -0.497. The minimum absolute atomic E-state index is 0.0625. The molecule has 0 heterocycles. The van der Waals surface area contributed by atoms with Crippen molar-refractivity contribution in [3.8, 4) is 0 Å². The Morgan fingerprint density at radius 3 is 2.53 bits per heavy atom. The predicted octanol–water partition coefficient (Wildman–Crippen LogP) is 1.62. The number of hydrogen-bond acceptors (Lipinski definition) is 4. The molecule has 1 aromatic rings. The first-order valence-corrected chi connectivity index (χ1v) is 6.06. The van der Waals surface area contributed by atoms with E-state index in [4.69, 9.17) is 0 Å². The maximum atomic E-state index is 12.1. The first-order valence-electron chi connectivity index (χ1n) is 6.06. The molecule has 0 aromatic heterocycles. The lowest BCUT2D eigenvalue weighted by Crippen LogP contribution is -2.29. The molecular weight excluding hydrogens is 246 g/mol. The van der Waals surface area contributed by atoms with Crippen LogP contribution in [-0.4, -0.2) is 54.9 Å². The summed E-state index contributed by atoms with van der Waals surface area (Å²) in [4.78, 5) is 25.9. The van der Waals surface area contributed by atoms with Gasteiger partial charge >= 0.3 is 0 Å². The molecule has 6 heteroatoms. The Morgan fingerprint density at radius 1 is 1.26 bits per heavy atom. The molecule has 1 amide bonds. The van der Waals surface area contributed by atoms with Crippen molar-refractivity contribution in [2.45, 2.75) is 6.42 Å². The Bertz CT molecular complexity index is 460. The fraction of sp³-hybridized carbons (Fsp3) is 0.462. The van der Waals surface area contributed by atoms with E-state index in [0.29, 0.717) is 12.1 Å². The van der Waals surface area contributed by atoms with Crippen LogP contribution in [0.4, 0.5) is 5.69 Å². The average Bonchev–Trinajstić information content (AvgIpc) is 2.37. The minimum Gasteiger partial charge on any atom is -0.342 e. The van der Waals surface area contributed by atoms with Gasteiger partial charge in [-0.2, -0.15) is 0 Å². The quantitative estimate of drug-likeness (QED) is 0.579. The Labute approximate surface area is 112 Å². The van der Waals surface area contributed by atoms with Crippen LogP contribution in [0.5, 0.6) is 0 Å². The molecule has 0 aliphatic carbocycles. The first kappa shape index (κ1) is 15.1. The number of hydrogen-bond donors (Lipinski definition) is 0. The van der Waals surface area contributed by atoms with Gasteiger partial charge < -0.3 is 9.80 Å². The molecule has 0 atom stereocenters. The third-order valence-corrected chi connectivity index (χ3v) is 2.75. The van der Waals surface area contributed by atoms with Crippen molar-refractivity contribution >= 4 is 11.6 Å². The van der Waals surface area contributed by atoms with Gasteiger partial charge in [0.05, 0.1) is 4.92 Å². The van der Waals surface area contributed by atoms with E-state index in [1.165, 1.54) is 18.2 Å². The topological polar surface area (TPSA) is 66.7 Å². The predicted molar refractivity (Wildman–Crippen MR) is 73.2 cm³/mol. The van der Waals surface area contributed by atoms with Gasteiger partial charge in [0.2, 0.25) is 0 Å². The highest BCUT2D eigenvalue weighted by Crippen LogP contribution is 2.14. The van der Waals surface area contributed by atoms with Crippen molar-refractivity contribution in [2.75, 3.05) is 34.2 Å². The summed E-state index contributed by atoms with van der Waals surface area (Å²) in [6, 6.07) is 5.81. The number of amides is 1. The van der Waals surface area contributed by atoms with Crippen LogP contribution in [0.1, 0.15) is 16.8 Å². The molecule has 6 nitrogen and oxygen atoms in total. The third kappa shape index (κ3) is 4.67. The second-order valence-electron chi connectivity index (χ2n) is 4.69. The van der Waals surface area contributed by atoms with Crippen molar-refractivity contribution in [2.24, 2.45) is 0 Å². The molecule has 0 spiro atoms. The number of nitrogens with zero attached hydrogens (tertiary/aromatic N) is 3. The highest BCUT2D eigenvalue weighted by molar-refractivity contribution is 5.94. The van der Waals surface area contributed by atoms with E-state index in [1.807, 2.05) is 19.0 Å². The van der Waals surface area contributed by atoms with Crippen LogP contribution < -0.4 is 0 Å². The van der Waals surface area contributed by atoms with Crippen LogP contribution in [0, 0.1) is 10.1 Å². The Balaban J connectivity index is 2.66. The standard InChI is InChI=1S/C13H19N3O3/c1-14(2)8-5-9-15(3)13(17)11-6-4-7-12(10-11)16(18)19/h4,6-7,10H,5,8-9H2,1-3H3. The zero-order valence-corrected chi connectivity index (χ0v) is 11.5. The Morgan fingerprint density at radius 2 is 1.95 bits per heavy atom. The summed E-state index contributed by atoms with van der Waals surface area (Å²) in [6.45, 7) is 1.52. The van der Waals surface area contributed by atoms with Gasteiger partial charge in [-0.05, 0) is 33.1 Å². The van der Waals surface area contributed by atoms with E-state index >= 15 is 0 Å². The summed E-state index contributed by atoms with van der Waals surface area (Å²) in [6.07, 6.45) is 0.865. The zero-order chi connectivity index (χ0) is 14.4. The van der Waals surface area contributed by atoms with E-state index in [1.54, 1.807) is 18.0 Å². The van der Waals surface area contributed by atoms with Gasteiger partial charge in [0, 0.05) is 31.3 Å². The van der Waals surface area contributed by atoms with Crippen LogP contribution in [-0.2, 0) is 0 Å². The van der Waals surface area contributed by atoms with E-state index < -0.39 is 4.92 Å². The monoisotopic (exact) mass is 265 g/mol. The average molecular weight is 265 g/mol. The number of carbonyl (C=O) groups excluding carboxylic acids is 1.